The van der Waals surface area contributed by atoms with Gasteiger partial charge in [0.1, 0.15) is 5.75 Å². The maximum atomic E-state index is 5.55. The Balaban J connectivity index is 2.07. The predicted octanol–water partition coefficient (Wildman–Crippen LogP) is 3.70. The van der Waals surface area contributed by atoms with Crippen molar-refractivity contribution in [3.63, 3.8) is 0 Å². The highest BCUT2D eigenvalue weighted by atomic mass is 16.6. The molecular formula is C17H15N2O3+. The molecule has 22 heavy (non-hydrogen) atoms. The Labute approximate surface area is 128 Å². The van der Waals surface area contributed by atoms with Crippen LogP contribution in [0.2, 0.25) is 0 Å². The molecule has 0 unspecified atom stereocenters. The molecule has 0 aliphatic rings. The monoisotopic (exact) mass is 295 g/mol. The van der Waals surface area contributed by atoms with E-state index in [0.717, 1.165) is 16.9 Å². The molecule has 5 nitrogen and oxygen atoms in total. The Morgan fingerprint density at radius 3 is 2.14 bits per heavy atom. The molecule has 0 N–H and O–H groups in total. The van der Waals surface area contributed by atoms with Gasteiger partial charge in [-0.05, 0) is 36.4 Å². The van der Waals surface area contributed by atoms with E-state index in [9.17, 15) is 0 Å². The first-order valence-corrected chi connectivity index (χ1v) is 6.76. The van der Waals surface area contributed by atoms with Crippen LogP contribution in [0.5, 0.6) is 11.8 Å². The van der Waals surface area contributed by atoms with Gasteiger partial charge in [0.25, 0.3) is 0 Å². The van der Waals surface area contributed by atoms with Gasteiger partial charge >= 0.3 is 12.0 Å². The molecule has 110 valence electrons. The lowest BCUT2D eigenvalue weighted by Crippen LogP contribution is -1.96. The Bertz CT molecular complexity index is 759. The second-order valence-corrected chi connectivity index (χ2v) is 4.52. The van der Waals surface area contributed by atoms with E-state index in [2.05, 4.69) is 9.97 Å². The number of methoxy groups -OCH3 is 2. The molecule has 0 amide bonds. The standard InChI is InChI=1S/C17H15N2O3/c1-20-14-10-8-12(9-11-14)15-18-16(22-17(19-15)21-2)13-6-4-3-5-7-13/h3-11H,1-2H3/q+1. The van der Waals surface area contributed by atoms with E-state index in [4.69, 9.17) is 13.9 Å². The van der Waals surface area contributed by atoms with Crippen molar-refractivity contribution in [2.45, 2.75) is 0 Å². The van der Waals surface area contributed by atoms with E-state index >= 15 is 0 Å². The lowest BCUT2D eigenvalue weighted by Gasteiger charge is -2.02. The van der Waals surface area contributed by atoms with Gasteiger partial charge in [-0.1, -0.05) is 23.2 Å². The van der Waals surface area contributed by atoms with E-state index in [1.165, 1.54) is 7.11 Å². The first kappa shape index (κ1) is 14.0. The van der Waals surface area contributed by atoms with Crippen LogP contribution < -0.4 is 9.47 Å². The molecule has 0 radical (unpaired) electrons. The quantitative estimate of drug-likeness (QED) is 0.687. The Hall–Kier alpha value is -2.95. The Morgan fingerprint density at radius 2 is 1.50 bits per heavy atom. The molecule has 0 fully saturated rings. The topological polar surface area (TPSA) is 55.5 Å². The molecule has 0 aliphatic carbocycles. The van der Waals surface area contributed by atoms with Crippen LogP contribution >= 0.6 is 0 Å². The van der Waals surface area contributed by atoms with Gasteiger partial charge < -0.3 is 9.47 Å². The molecule has 0 atom stereocenters. The smallest absolute Gasteiger partial charge is 0.497 e. The zero-order valence-corrected chi connectivity index (χ0v) is 12.3. The van der Waals surface area contributed by atoms with Gasteiger partial charge in [-0.2, -0.15) is 4.98 Å². The molecule has 1 aromatic heterocycles. The zero-order chi connectivity index (χ0) is 15.4. The van der Waals surface area contributed by atoms with Crippen LogP contribution in [-0.2, 0) is 0 Å². The molecule has 3 rings (SSSR count). The van der Waals surface area contributed by atoms with Crippen molar-refractivity contribution >= 4 is 0 Å². The summed E-state index contributed by atoms with van der Waals surface area (Å²) in [4.78, 5) is 8.74. The van der Waals surface area contributed by atoms with E-state index in [-0.39, 0.29) is 6.08 Å². The molecule has 0 saturated carbocycles. The predicted molar refractivity (Wildman–Crippen MR) is 82.7 cm³/mol. The van der Waals surface area contributed by atoms with Crippen molar-refractivity contribution in [2.75, 3.05) is 14.2 Å². The fourth-order valence-electron chi connectivity index (χ4n) is 2.00. The van der Waals surface area contributed by atoms with Crippen molar-refractivity contribution in [1.29, 1.82) is 0 Å². The molecule has 0 saturated heterocycles. The summed E-state index contributed by atoms with van der Waals surface area (Å²) in [6.45, 7) is 0. The van der Waals surface area contributed by atoms with Gasteiger partial charge in [-0.3, -0.25) is 0 Å². The molecule has 3 aromatic rings. The second-order valence-electron chi connectivity index (χ2n) is 4.52. The average Bonchev–Trinajstić information content (AvgIpc) is 2.62. The summed E-state index contributed by atoms with van der Waals surface area (Å²) in [5.41, 5.74) is 1.71. The molecule has 0 spiro atoms. The zero-order valence-electron chi connectivity index (χ0n) is 12.3. The normalized spacial score (nSPS) is 10.3. The summed E-state index contributed by atoms with van der Waals surface area (Å²) in [6.07, 6.45) is 0.166. The first-order chi connectivity index (χ1) is 10.8. The van der Waals surface area contributed by atoms with Crippen LogP contribution in [-0.4, -0.2) is 24.2 Å². The van der Waals surface area contributed by atoms with Crippen LogP contribution in [0.4, 0.5) is 0 Å². The molecule has 1 heterocycles. The number of hydrogen-bond acceptors (Lipinski definition) is 4. The summed E-state index contributed by atoms with van der Waals surface area (Å²) in [5.74, 6) is 1.77. The molecule has 0 aliphatic heterocycles. The highest BCUT2D eigenvalue weighted by molar-refractivity contribution is 5.60. The van der Waals surface area contributed by atoms with Gasteiger partial charge in [-0.15, -0.1) is 0 Å². The summed E-state index contributed by atoms with van der Waals surface area (Å²) in [5, 5.41) is 0. The van der Waals surface area contributed by atoms with Crippen molar-refractivity contribution in [3.8, 4) is 34.7 Å². The molecular weight excluding hydrogens is 280 g/mol. The minimum absolute atomic E-state index is 0.166. The van der Waals surface area contributed by atoms with Gasteiger partial charge in [0.2, 0.25) is 0 Å². The van der Waals surface area contributed by atoms with E-state index < -0.39 is 0 Å². The van der Waals surface area contributed by atoms with Crippen LogP contribution in [0.25, 0.3) is 22.8 Å². The molecule has 2 aromatic carbocycles. The largest absolute Gasteiger partial charge is 0.640 e. The fourth-order valence-corrected chi connectivity index (χ4v) is 2.00. The summed E-state index contributed by atoms with van der Waals surface area (Å²) < 4.78 is 15.9. The minimum Gasteiger partial charge on any atom is -0.497 e. The SMILES string of the molecule is COc1ccc(-c2nc(OC)[o+]c(-c3ccccc3)n2)cc1. The number of ether oxygens (including phenoxy) is 2. The number of aromatic nitrogens is 2. The Morgan fingerprint density at radius 1 is 0.773 bits per heavy atom. The van der Waals surface area contributed by atoms with Crippen molar-refractivity contribution < 1.29 is 13.9 Å². The summed E-state index contributed by atoms with van der Waals surface area (Å²) in [7, 11) is 3.14. The van der Waals surface area contributed by atoms with E-state index in [0.29, 0.717) is 11.7 Å². The van der Waals surface area contributed by atoms with Crippen molar-refractivity contribution in [3.05, 3.63) is 54.6 Å². The highest BCUT2D eigenvalue weighted by Gasteiger charge is 2.19. The third kappa shape index (κ3) is 2.88. The third-order valence-electron chi connectivity index (χ3n) is 3.13. The molecule has 0 bridgehead atoms. The number of rotatable bonds is 4. The number of benzene rings is 2. The van der Waals surface area contributed by atoms with Gasteiger partial charge in [0.05, 0.1) is 12.7 Å². The van der Waals surface area contributed by atoms with Crippen molar-refractivity contribution in [2.24, 2.45) is 0 Å². The van der Waals surface area contributed by atoms with E-state index in [1.54, 1.807) is 7.11 Å². The maximum Gasteiger partial charge on any atom is 0.640 e. The number of nitrogens with zero attached hydrogens (tertiary/aromatic N) is 2. The maximum absolute atomic E-state index is 5.55. The van der Waals surface area contributed by atoms with Gasteiger partial charge in [0, 0.05) is 5.56 Å². The first-order valence-electron chi connectivity index (χ1n) is 6.76. The van der Waals surface area contributed by atoms with Crippen LogP contribution in [0, 0.1) is 0 Å². The summed E-state index contributed by atoms with van der Waals surface area (Å²) in [6, 6.07) is 17.1. The fraction of sp³-hybridized carbons (Fsp3) is 0.118. The molecule has 5 heteroatoms. The van der Waals surface area contributed by atoms with Gasteiger partial charge in [-0.25, -0.2) is 4.42 Å². The lowest BCUT2D eigenvalue weighted by molar-refractivity contribution is 0.277. The van der Waals surface area contributed by atoms with E-state index in [1.807, 2.05) is 54.6 Å². The average molecular weight is 295 g/mol. The van der Waals surface area contributed by atoms with Crippen LogP contribution in [0.1, 0.15) is 0 Å². The third-order valence-corrected chi connectivity index (χ3v) is 3.13. The lowest BCUT2D eigenvalue weighted by atomic mass is 10.2. The second kappa shape index (κ2) is 6.22. The van der Waals surface area contributed by atoms with Crippen LogP contribution in [0.3, 0.4) is 0 Å². The number of hydrogen-bond donors (Lipinski definition) is 0. The van der Waals surface area contributed by atoms with Crippen molar-refractivity contribution in [1.82, 2.24) is 9.97 Å². The highest BCUT2D eigenvalue weighted by Crippen LogP contribution is 2.26. The minimum atomic E-state index is 0.166. The van der Waals surface area contributed by atoms with Crippen LogP contribution in [0.15, 0.2) is 59.0 Å². The van der Waals surface area contributed by atoms with Gasteiger partial charge in [0.15, 0.2) is 12.9 Å². The Kier molecular flexibility index (Phi) is 3.96. The summed E-state index contributed by atoms with van der Waals surface area (Å²) >= 11 is 0.